The lowest BCUT2D eigenvalue weighted by atomic mass is 9.77. The van der Waals surface area contributed by atoms with Crippen LogP contribution in [-0.4, -0.2) is 35.8 Å². The summed E-state index contributed by atoms with van der Waals surface area (Å²) in [6, 6.07) is 0. The molecule has 0 radical (unpaired) electrons. The summed E-state index contributed by atoms with van der Waals surface area (Å²) in [5.74, 6) is 0.0652. The van der Waals surface area contributed by atoms with E-state index in [0.717, 1.165) is 38.8 Å². The summed E-state index contributed by atoms with van der Waals surface area (Å²) in [6.07, 6.45) is 4.11. The number of carbonyl (C=O) groups is 1. The van der Waals surface area contributed by atoms with Crippen LogP contribution in [0.5, 0.6) is 0 Å². The Bertz CT molecular complexity index is 419. The molecule has 2 heterocycles. The molecule has 0 saturated carbocycles. The van der Waals surface area contributed by atoms with Crippen LogP contribution in [0, 0.1) is 0 Å². The van der Waals surface area contributed by atoms with Gasteiger partial charge >= 0.3 is 5.97 Å². The fourth-order valence-corrected chi connectivity index (χ4v) is 2.67. The molecule has 1 aliphatic heterocycles. The van der Waals surface area contributed by atoms with Crippen LogP contribution >= 0.6 is 0 Å². The minimum Gasteiger partial charge on any atom is -0.460 e. The molecule has 1 aliphatic rings. The first-order valence-electron chi connectivity index (χ1n) is 6.94. The number of ether oxygens (including phenoxy) is 1. The number of nitrogens with one attached hydrogen (secondary N) is 1. The lowest BCUT2D eigenvalue weighted by Gasteiger charge is -2.34. The normalized spacial score (nSPS) is 23.3. The monoisotopic (exact) mass is 267 g/mol. The number of hydrogen-bond acceptors (Lipinski definition) is 6. The standard InChI is InChI=1S/C13H21N3O3/c1-3-6-13(7-5-8-14-9-13)12-15-10(16-19-12)11(17)18-4-2/h14H,3-9H2,1-2H3. The molecule has 0 bridgehead atoms. The van der Waals surface area contributed by atoms with Gasteiger partial charge in [0.25, 0.3) is 5.82 Å². The summed E-state index contributed by atoms with van der Waals surface area (Å²) in [5.41, 5.74) is -0.134. The van der Waals surface area contributed by atoms with Gasteiger partial charge in [-0.05, 0) is 37.9 Å². The molecule has 1 atom stereocenters. The van der Waals surface area contributed by atoms with Crippen LogP contribution in [-0.2, 0) is 10.2 Å². The third-order valence-corrected chi connectivity index (χ3v) is 3.54. The van der Waals surface area contributed by atoms with Crippen molar-refractivity contribution in [1.82, 2.24) is 15.5 Å². The highest BCUT2D eigenvalue weighted by molar-refractivity contribution is 5.84. The Kier molecular flexibility index (Phi) is 4.52. The van der Waals surface area contributed by atoms with Crippen molar-refractivity contribution in [2.75, 3.05) is 19.7 Å². The molecule has 106 valence electrons. The molecule has 19 heavy (non-hydrogen) atoms. The highest BCUT2D eigenvalue weighted by atomic mass is 16.5. The number of esters is 1. The van der Waals surface area contributed by atoms with Gasteiger partial charge in [-0.3, -0.25) is 0 Å². The molecule has 6 nitrogen and oxygen atoms in total. The number of carbonyl (C=O) groups excluding carboxylic acids is 1. The Morgan fingerprint density at radius 3 is 3.00 bits per heavy atom. The average Bonchev–Trinajstić information content (AvgIpc) is 2.91. The van der Waals surface area contributed by atoms with E-state index in [-0.39, 0.29) is 11.2 Å². The first-order valence-corrected chi connectivity index (χ1v) is 6.94. The van der Waals surface area contributed by atoms with Gasteiger partial charge < -0.3 is 14.6 Å². The van der Waals surface area contributed by atoms with E-state index in [9.17, 15) is 4.79 Å². The molecule has 1 N–H and O–H groups in total. The van der Waals surface area contributed by atoms with Crippen molar-refractivity contribution < 1.29 is 14.1 Å². The van der Waals surface area contributed by atoms with Crippen molar-refractivity contribution in [3.05, 3.63) is 11.7 Å². The Morgan fingerprint density at radius 2 is 2.37 bits per heavy atom. The van der Waals surface area contributed by atoms with E-state index >= 15 is 0 Å². The average molecular weight is 267 g/mol. The van der Waals surface area contributed by atoms with Crippen LogP contribution in [0.1, 0.15) is 56.0 Å². The number of aromatic nitrogens is 2. The van der Waals surface area contributed by atoms with Crippen LogP contribution in [0.15, 0.2) is 4.52 Å². The maximum atomic E-state index is 11.6. The molecule has 0 aromatic carbocycles. The summed E-state index contributed by atoms with van der Waals surface area (Å²) >= 11 is 0. The molecular weight excluding hydrogens is 246 g/mol. The molecule has 1 fully saturated rings. The number of nitrogens with zero attached hydrogens (tertiary/aromatic N) is 2. The molecule has 2 rings (SSSR count). The SMILES string of the molecule is CCCC1(c2nc(C(=O)OCC)no2)CCCNC1. The van der Waals surface area contributed by atoms with Gasteiger partial charge in [-0.15, -0.1) is 0 Å². The Labute approximate surface area is 112 Å². The summed E-state index contributed by atoms with van der Waals surface area (Å²) < 4.78 is 10.2. The van der Waals surface area contributed by atoms with Gasteiger partial charge in [0.1, 0.15) is 0 Å². The second-order valence-electron chi connectivity index (χ2n) is 4.95. The number of rotatable bonds is 5. The first-order chi connectivity index (χ1) is 9.22. The van der Waals surface area contributed by atoms with Crippen molar-refractivity contribution in [2.24, 2.45) is 0 Å². The molecule has 0 amide bonds. The van der Waals surface area contributed by atoms with Gasteiger partial charge in [-0.25, -0.2) is 4.79 Å². The van der Waals surface area contributed by atoms with E-state index in [1.54, 1.807) is 6.92 Å². The van der Waals surface area contributed by atoms with E-state index in [4.69, 9.17) is 9.26 Å². The van der Waals surface area contributed by atoms with Crippen LogP contribution in [0.3, 0.4) is 0 Å². The van der Waals surface area contributed by atoms with Crippen LogP contribution in [0.4, 0.5) is 0 Å². The van der Waals surface area contributed by atoms with Gasteiger partial charge in [-0.1, -0.05) is 13.3 Å². The van der Waals surface area contributed by atoms with E-state index in [2.05, 4.69) is 22.4 Å². The van der Waals surface area contributed by atoms with Gasteiger partial charge in [0.2, 0.25) is 5.89 Å². The van der Waals surface area contributed by atoms with Crippen LogP contribution in [0.25, 0.3) is 0 Å². The zero-order chi connectivity index (χ0) is 13.7. The molecule has 0 aliphatic carbocycles. The van der Waals surface area contributed by atoms with Crippen molar-refractivity contribution >= 4 is 5.97 Å². The molecule has 1 aromatic rings. The molecule has 0 spiro atoms. The predicted octanol–water partition coefficient (Wildman–Crippen LogP) is 1.67. The second kappa shape index (κ2) is 6.14. The van der Waals surface area contributed by atoms with Crippen molar-refractivity contribution in [2.45, 2.75) is 44.9 Å². The number of piperidine rings is 1. The number of hydrogen-bond donors (Lipinski definition) is 1. The topological polar surface area (TPSA) is 77.2 Å². The summed E-state index contributed by atoms with van der Waals surface area (Å²) in [6.45, 7) is 6.04. The predicted molar refractivity (Wildman–Crippen MR) is 68.9 cm³/mol. The van der Waals surface area contributed by atoms with Crippen molar-refractivity contribution in [3.63, 3.8) is 0 Å². The van der Waals surface area contributed by atoms with E-state index in [1.165, 1.54) is 0 Å². The van der Waals surface area contributed by atoms with E-state index in [1.807, 2.05) is 0 Å². The van der Waals surface area contributed by atoms with Gasteiger partial charge in [0.05, 0.1) is 12.0 Å². The second-order valence-corrected chi connectivity index (χ2v) is 4.95. The summed E-state index contributed by atoms with van der Waals surface area (Å²) in [4.78, 5) is 15.8. The largest absolute Gasteiger partial charge is 0.460 e. The fraction of sp³-hybridized carbons (Fsp3) is 0.769. The lowest BCUT2D eigenvalue weighted by Crippen LogP contribution is -2.43. The zero-order valence-electron chi connectivity index (χ0n) is 11.6. The first kappa shape index (κ1) is 14.0. The zero-order valence-corrected chi connectivity index (χ0v) is 11.6. The third kappa shape index (κ3) is 2.94. The summed E-state index contributed by atoms with van der Waals surface area (Å²) in [7, 11) is 0. The van der Waals surface area contributed by atoms with Crippen molar-refractivity contribution in [1.29, 1.82) is 0 Å². The smallest absolute Gasteiger partial charge is 0.379 e. The van der Waals surface area contributed by atoms with Gasteiger partial charge in [0.15, 0.2) is 0 Å². The van der Waals surface area contributed by atoms with Crippen molar-refractivity contribution in [3.8, 4) is 0 Å². The molecule has 1 aromatic heterocycles. The third-order valence-electron chi connectivity index (χ3n) is 3.54. The highest BCUT2D eigenvalue weighted by Crippen LogP contribution is 2.34. The lowest BCUT2D eigenvalue weighted by molar-refractivity contribution is 0.0508. The maximum Gasteiger partial charge on any atom is 0.379 e. The van der Waals surface area contributed by atoms with E-state index in [0.29, 0.717) is 12.5 Å². The molecule has 6 heteroatoms. The van der Waals surface area contributed by atoms with Gasteiger partial charge in [0, 0.05) is 6.54 Å². The molecular formula is C13H21N3O3. The quantitative estimate of drug-likeness (QED) is 0.818. The maximum absolute atomic E-state index is 11.6. The van der Waals surface area contributed by atoms with Crippen LogP contribution in [0.2, 0.25) is 0 Å². The minimum absolute atomic E-state index is 0.0258. The minimum atomic E-state index is -0.520. The molecule has 1 saturated heterocycles. The Hall–Kier alpha value is -1.43. The fourth-order valence-electron chi connectivity index (χ4n) is 2.67. The van der Waals surface area contributed by atoms with E-state index < -0.39 is 5.97 Å². The summed E-state index contributed by atoms with van der Waals surface area (Å²) in [5, 5.41) is 7.13. The Morgan fingerprint density at radius 1 is 1.53 bits per heavy atom. The van der Waals surface area contributed by atoms with Gasteiger partial charge in [-0.2, -0.15) is 4.98 Å². The Balaban J connectivity index is 2.20. The highest BCUT2D eigenvalue weighted by Gasteiger charge is 2.39. The molecule has 1 unspecified atom stereocenters. The van der Waals surface area contributed by atoms with Crippen LogP contribution < -0.4 is 5.32 Å².